The van der Waals surface area contributed by atoms with E-state index in [-0.39, 0.29) is 48.6 Å². The van der Waals surface area contributed by atoms with E-state index in [1.165, 1.54) is 0 Å². The molecule has 3 rings (SSSR count). The summed E-state index contributed by atoms with van der Waals surface area (Å²) in [6.07, 6.45) is 3.86. The first-order chi connectivity index (χ1) is 15.1. The molecule has 6 atom stereocenters. The first-order valence-electron chi connectivity index (χ1n) is 11.9. The number of nitrogens with zero attached hydrogens (tertiary/aromatic N) is 2. The highest BCUT2D eigenvalue weighted by Crippen LogP contribution is 2.23. The molecule has 3 fully saturated rings. The quantitative estimate of drug-likeness (QED) is 0.470. The average molecular weight is 455 g/mol. The normalized spacial score (nSPS) is 34.8. The minimum atomic E-state index is -0.508. The molecule has 1 saturated carbocycles. The van der Waals surface area contributed by atoms with Crippen molar-refractivity contribution in [2.75, 3.05) is 33.3 Å². The molecule has 10 heteroatoms. The summed E-state index contributed by atoms with van der Waals surface area (Å²) in [6, 6.07) is 0.307. The molecule has 32 heavy (non-hydrogen) atoms. The van der Waals surface area contributed by atoms with Crippen LogP contribution in [0.1, 0.15) is 53.4 Å². The number of hydrogen-bond acceptors (Lipinski definition) is 8. The van der Waals surface area contributed by atoms with Gasteiger partial charge in [0.1, 0.15) is 11.9 Å². The van der Waals surface area contributed by atoms with Gasteiger partial charge in [-0.25, -0.2) is 4.79 Å². The second-order valence-electron chi connectivity index (χ2n) is 10.3. The number of rotatable bonds is 5. The lowest BCUT2D eigenvalue weighted by Gasteiger charge is -2.49. The van der Waals surface area contributed by atoms with Gasteiger partial charge in [0.25, 0.3) is 0 Å². The van der Waals surface area contributed by atoms with Crippen molar-refractivity contribution in [1.29, 1.82) is 0 Å². The van der Waals surface area contributed by atoms with E-state index in [2.05, 4.69) is 27.8 Å². The van der Waals surface area contributed by atoms with Gasteiger partial charge in [-0.15, -0.1) is 0 Å². The van der Waals surface area contributed by atoms with Crippen LogP contribution in [-0.2, 0) is 14.3 Å². The molecule has 2 aliphatic heterocycles. The molecular formula is C22H42N6O4. The minimum Gasteiger partial charge on any atom is -0.444 e. The lowest BCUT2D eigenvalue weighted by atomic mass is 9.91. The lowest BCUT2D eigenvalue weighted by Crippen LogP contribution is -2.74. The van der Waals surface area contributed by atoms with Crippen molar-refractivity contribution in [3.8, 4) is 0 Å². The molecule has 0 radical (unpaired) electrons. The summed E-state index contributed by atoms with van der Waals surface area (Å²) >= 11 is 0. The maximum atomic E-state index is 12.5. The van der Waals surface area contributed by atoms with Gasteiger partial charge in [0.05, 0.1) is 18.2 Å². The molecule has 2 heterocycles. The van der Waals surface area contributed by atoms with E-state index in [1.54, 1.807) is 12.0 Å². The Hall–Kier alpha value is -1.46. The van der Waals surface area contributed by atoms with Crippen LogP contribution in [0.4, 0.5) is 4.79 Å². The van der Waals surface area contributed by atoms with Crippen LogP contribution in [0.3, 0.4) is 0 Å². The van der Waals surface area contributed by atoms with E-state index in [4.69, 9.17) is 15.2 Å². The van der Waals surface area contributed by atoms with Crippen LogP contribution in [0.2, 0.25) is 0 Å². The Kier molecular flexibility index (Phi) is 8.37. The molecule has 2 saturated heterocycles. The number of methoxy groups -OCH3 is 1. The fourth-order valence-corrected chi connectivity index (χ4v) is 4.99. The predicted octanol–water partition coefficient (Wildman–Crippen LogP) is 0.379. The first kappa shape index (κ1) is 25.2. The van der Waals surface area contributed by atoms with Gasteiger partial charge in [-0.1, -0.05) is 12.8 Å². The molecule has 5 N–H and O–H groups in total. The molecule has 2 amide bonds. The summed E-state index contributed by atoms with van der Waals surface area (Å²) in [7, 11) is 1.75. The fraction of sp³-hybridized carbons (Fsp3) is 0.909. The molecule has 1 aliphatic carbocycles. The number of hydrogen-bond donors (Lipinski definition) is 4. The number of nitrogens with two attached hydrogens (primary N) is 1. The van der Waals surface area contributed by atoms with E-state index >= 15 is 0 Å². The van der Waals surface area contributed by atoms with Crippen molar-refractivity contribution in [2.45, 2.75) is 89.6 Å². The van der Waals surface area contributed by atoms with E-state index in [0.29, 0.717) is 26.2 Å². The highest BCUT2D eigenvalue weighted by molar-refractivity contribution is 5.77. The smallest absolute Gasteiger partial charge is 0.410 e. The number of amides is 2. The topological polar surface area (TPSA) is 121 Å². The van der Waals surface area contributed by atoms with Crippen molar-refractivity contribution in [2.24, 2.45) is 11.7 Å². The first-order valence-corrected chi connectivity index (χ1v) is 11.9. The number of carbonyl (C=O) groups is 2. The Morgan fingerprint density at radius 2 is 1.88 bits per heavy atom. The van der Waals surface area contributed by atoms with Crippen molar-refractivity contribution < 1.29 is 19.1 Å². The molecule has 184 valence electrons. The summed E-state index contributed by atoms with van der Waals surface area (Å²) in [4.78, 5) is 28.7. The average Bonchev–Trinajstić information content (AvgIpc) is 2.72. The standard InChI is InChI=1S/C22H42N6O4/c1-14-13-27(21(30)32-22(2,3)4)10-11-28(14)20-24-12-15(18(23)29)19(26-20)25-16-8-6-7-9-17(16)31-5/h14-17,19-20,24-26H,6-13H2,1-5H3,(H2,23,29). The monoisotopic (exact) mass is 454 g/mol. The third-order valence-electron chi connectivity index (χ3n) is 6.70. The van der Waals surface area contributed by atoms with E-state index < -0.39 is 5.60 Å². The molecule has 0 aromatic carbocycles. The number of piperazine rings is 1. The zero-order chi connectivity index (χ0) is 23.5. The third kappa shape index (κ3) is 6.32. The van der Waals surface area contributed by atoms with E-state index in [0.717, 1.165) is 25.7 Å². The second kappa shape index (κ2) is 10.6. The van der Waals surface area contributed by atoms with Gasteiger partial charge in [0.15, 0.2) is 0 Å². The van der Waals surface area contributed by atoms with E-state index in [9.17, 15) is 9.59 Å². The summed E-state index contributed by atoms with van der Waals surface area (Å²) in [5.41, 5.74) is 5.21. The summed E-state index contributed by atoms with van der Waals surface area (Å²) in [5.74, 6) is -0.683. The molecule has 0 bridgehead atoms. The van der Waals surface area contributed by atoms with Gasteiger partial charge in [-0.05, 0) is 40.5 Å². The van der Waals surface area contributed by atoms with Crippen LogP contribution in [0, 0.1) is 5.92 Å². The molecule has 3 aliphatic rings. The third-order valence-corrected chi connectivity index (χ3v) is 6.70. The van der Waals surface area contributed by atoms with Crippen molar-refractivity contribution in [3.63, 3.8) is 0 Å². The van der Waals surface area contributed by atoms with Gasteiger partial charge >= 0.3 is 6.09 Å². The van der Waals surface area contributed by atoms with Crippen molar-refractivity contribution in [3.05, 3.63) is 0 Å². The second-order valence-corrected chi connectivity index (χ2v) is 10.3. The minimum absolute atomic E-state index is 0.119. The molecule has 0 aromatic heterocycles. The number of nitrogens with one attached hydrogen (secondary N) is 3. The Morgan fingerprint density at radius 1 is 1.16 bits per heavy atom. The Morgan fingerprint density at radius 3 is 2.50 bits per heavy atom. The van der Waals surface area contributed by atoms with Gasteiger partial charge in [-0.3, -0.25) is 25.6 Å². The van der Waals surface area contributed by atoms with Gasteiger partial charge < -0.3 is 20.1 Å². The zero-order valence-corrected chi connectivity index (χ0v) is 20.2. The highest BCUT2D eigenvalue weighted by atomic mass is 16.6. The molecule has 10 nitrogen and oxygen atoms in total. The molecular weight excluding hydrogens is 412 g/mol. The Labute approximate surface area is 191 Å². The summed E-state index contributed by atoms with van der Waals surface area (Å²) in [6.45, 7) is 10.1. The molecule has 0 aromatic rings. The number of ether oxygens (including phenoxy) is 2. The maximum Gasteiger partial charge on any atom is 0.410 e. The van der Waals surface area contributed by atoms with Crippen LogP contribution >= 0.6 is 0 Å². The van der Waals surface area contributed by atoms with Crippen LogP contribution < -0.4 is 21.7 Å². The van der Waals surface area contributed by atoms with Crippen molar-refractivity contribution >= 4 is 12.0 Å². The van der Waals surface area contributed by atoms with E-state index in [1.807, 2.05) is 20.8 Å². The predicted molar refractivity (Wildman–Crippen MR) is 122 cm³/mol. The highest BCUT2D eigenvalue weighted by Gasteiger charge is 2.41. The Bertz CT molecular complexity index is 657. The van der Waals surface area contributed by atoms with Crippen LogP contribution in [0.5, 0.6) is 0 Å². The fourth-order valence-electron chi connectivity index (χ4n) is 4.99. The Balaban J connectivity index is 1.62. The number of carbonyl (C=O) groups excluding carboxylic acids is 2. The maximum absolute atomic E-state index is 12.5. The van der Waals surface area contributed by atoms with Crippen LogP contribution in [0.15, 0.2) is 0 Å². The SMILES string of the molecule is COC1CCCCC1NC1NC(N2CCN(C(=O)OC(C)(C)C)CC2C)NCC1C(N)=O. The van der Waals surface area contributed by atoms with Gasteiger partial charge in [0.2, 0.25) is 5.91 Å². The van der Waals surface area contributed by atoms with Gasteiger partial charge in [-0.2, -0.15) is 0 Å². The lowest BCUT2D eigenvalue weighted by molar-refractivity contribution is -0.125. The van der Waals surface area contributed by atoms with Crippen LogP contribution in [0.25, 0.3) is 0 Å². The van der Waals surface area contributed by atoms with Gasteiger partial charge in [0, 0.05) is 45.4 Å². The largest absolute Gasteiger partial charge is 0.444 e. The molecule has 0 spiro atoms. The summed E-state index contributed by atoms with van der Waals surface area (Å²) < 4.78 is 11.2. The van der Waals surface area contributed by atoms with Crippen LogP contribution in [-0.4, -0.2) is 91.3 Å². The van der Waals surface area contributed by atoms with Crippen molar-refractivity contribution in [1.82, 2.24) is 25.8 Å². The number of primary amides is 1. The summed E-state index contributed by atoms with van der Waals surface area (Å²) in [5, 5.41) is 10.6. The zero-order valence-electron chi connectivity index (χ0n) is 20.2. The molecule has 6 unspecified atom stereocenters.